The van der Waals surface area contributed by atoms with E-state index in [2.05, 4.69) is 0 Å². The molecule has 0 atom stereocenters. The van der Waals surface area contributed by atoms with Crippen LogP contribution in [-0.4, -0.2) is 12.9 Å². The van der Waals surface area contributed by atoms with E-state index in [0.717, 1.165) is 5.76 Å². The van der Waals surface area contributed by atoms with E-state index in [1.54, 1.807) is 20.1 Å². The molecule has 0 aromatic carbocycles. The summed E-state index contributed by atoms with van der Waals surface area (Å²) in [5.74, 6) is 1.57. The van der Waals surface area contributed by atoms with Crippen LogP contribution in [0.25, 0.3) is 0 Å². The number of rotatable bonds is 4. The third kappa shape index (κ3) is 2.51. The van der Waals surface area contributed by atoms with E-state index in [4.69, 9.17) is 9.15 Å². The Bertz CT molecular complexity index is 262. The van der Waals surface area contributed by atoms with Crippen molar-refractivity contribution in [3.8, 4) is 0 Å². The summed E-state index contributed by atoms with van der Waals surface area (Å²) in [6, 6.07) is 3.62. The lowest BCUT2D eigenvalue weighted by atomic mass is 10.2. The van der Waals surface area contributed by atoms with Crippen molar-refractivity contribution >= 4 is 5.78 Å². The zero-order valence-corrected chi connectivity index (χ0v) is 7.29. The first-order valence-corrected chi connectivity index (χ1v) is 3.78. The molecule has 0 radical (unpaired) electrons. The van der Waals surface area contributed by atoms with Crippen molar-refractivity contribution in [2.45, 2.75) is 20.0 Å². The molecule has 3 heteroatoms. The van der Waals surface area contributed by atoms with Gasteiger partial charge in [-0.1, -0.05) is 0 Å². The highest BCUT2D eigenvalue weighted by molar-refractivity contribution is 5.77. The van der Waals surface area contributed by atoms with Gasteiger partial charge in [0.15, 0.2) is 0 Å². The Labute approximate surface area is 71.3 Å². The average Bonchev–Trinajstić information content (AvgIpc) is 2.36. The number of hydrogen-bond acceptors (Lipinski definition) is 3. The summed E-state index contributed by atoms with van der Waals surface area (Å²) in [4.78, 5) is 10.7. The third-order valence-electron chi connectivity index (χ3n) is 1.43. The van der Waals surface area contributed by atoms with Gasteiger partial charge in [0.05, 0.1) is 6.42 Å². The van der Waals surface area contributed by atoms with Crippen molar-refractivity contribution in [3.63, 3.8) is 0 Å². The molecule has 0 unspecified atom stereocenters. The largest absolute Gasteiger partial charge is 0.463 e. The van der Waals surface area contributed by atoms with Crippen LogP contribution in [0.5, 0.6) is 0 Å². The molecule has 1 heterocycles. The van der Waals surface area contributed by atoms with E-state index in [0.29, 0.717) is 18.8 Å². The van der Waals surface area contributed by atoms with Crippen LogP contribution in [0.2, 0.25) is 0 Å². The molecule has 0 aliphatic carbocycles. The molecule has 0 bridgehead atoms. The van der Waals surface area contributed by atoms with E-state index in [1.165, 1.54) is 0 Å². The summed E-state index contributed by atoms with van der Waals surface area (Å²) in [6.45, 7) is 2.00. The summed E-state index contributed by atoms with van der Waals surface area (Å²) in [5.41, 5.74) is 0. The predicted octanol–water partition coefficient (Wildman–Crippen LogP) is 1.56. The van der Waals surface area contributed by atoms with Gasteiger partial charge in [-0.05, 0) is 19.1 Å². The normalized spacial score (nSPS) is 10.2. The van der Waals surface area contributed by atoms with E-state index < -0.39 is 0 Å². The highest BCUT2D eigenvalue weighted by Gasteiger charge is 2.03. The quantitative estimate of drug-likeness (QED) is 0.684. The Kier molecular flexibility index (Phi) is 3.05. The van der Waals surface area contributed by atoms with Gasteiger partial charge in [0, 0.05) is 7.11 Å². The molecular formula is C9H12O3. The van der Waals surface area contributed by atoms with Crippen LogP contribution in [0.15, 0.2) is 16.5 Å². The second-order valence-electron chi connectivity index (χ2n) is 2.68. The molecule has 0 saturated carbocycles. The second-order valence-corrected chi connectivity index (χ2v) is 2.68. The molecule has 3 nitrogen and oxygen atoms in total. The molecule has 0 spiro atoms. The molecule has 0 fully saturated rings. The summed E-state index contributed by atoms with van der Waals surface area (Å²) in [5, 5.41) is 0. The predicted molar refractivity (Wildman–Crippen MR) is 43.8 cm³/mol. The lowest BCUT2D eigenvalue weighted by molar-refractivity contribution is -0.116. The fourth-order valence-electron chi connectivity index (χ4n) is 0.983. The van der Waals surface area contributed by atoms with Crippen LogP contribution in [0.3, 0.4) is 0 Å². The van der Waals surface area contributed by atoms with Gasteiger partial charge in [-0.15, -0.1) is 0 Å². The minimum atomic E-state index is 0.105. The van der Waals surface area contributed by atoms with E-state index in [1.807, 2.05) is 6.07 Å². The van der Waals surface area contributed by atoms with E-state index in [9.17, 15) is 4.79 Å². The molecule has 1 aromatic rings. The third-order valence-corrected chi connectivity index (χ3v) is 1.43. The molecule has 0 N–H and O–H groups in total. The average molecular weight is 168 g/mol. The fourth-order valence-corrected chi connectivity index (χ4v) is 0.983. The van der Waals surface area contributed by atoms with Gasteiger partial charge in [0.2, 0.25) is 0 Å². The molecule has 1 rings (SSSR count). The smallest absolute Gasteiger partial charge is 0.137 e. The molecule has 66 valence electrons. The van der Waals surface area contributed by atoms with Gasteiger partial charge in [-0.2, -0.15) is 0 Å². The maximum atomic E-state index is 10.7. The first-order chi connectivity index (χ1) is 5.72. The fraction of sp³-hybridized carbons (Fsp3) is 0.444. The maximum Gasteiger partial charge on any atom is 0.137 e. The molecule has 0 aliphatic rings. The van der Waals surface area contributed by atoms with Gasteiger partial charge >= 0.3 is 0 Å². The van der Waals surface area contributed by atoms with Crippen LogP contribution in [0.1, 0.15) is 18.4 Å². The van der Waals surface area contributed by atoms with Crippen molar-refractivity contribution in [1.82, 2.24) is 0 Å². The number of furan rings is 1. The molecular weight excluding hydrogens is 156 g/mol. The molecule has 0 saturated heterocycles. The SMILES string of the molecule is COCc1ccc(CC(C)=O)o1. The number of ether oxygens (including phenoxy) is 1. The van der Waals surface area contributed by atoms with E-state index in [-0.39, 0.29) is 5.78 Å². The monoisotopic (exact) mass is 168 g/mol. The van der Waals surface area contributed by atoms with Crippen LogP contribution >= 0.6 is 0 Å². The maximum absolute atomic E-state index is 10.7. The molecule has 0 amide bonds. The number of carbonyl (C=O) groups is 1. The van der Waals surface area contributed by atoms with E-state index >= 15 is 0 Å². The number of hydrogen-bond donors (Lipinski definition) is 0. The number of ketones is 1. The van der Waals surface area contributed by atoms with Crippen molar-refractivity contribution in [2.75, 3.05) is 7.11 Å². The standard InChI is InChI=1S/C9H12O3/c1-7(10)5-8-3-4-9(12-8)6-11-2/h3-4H,5-6H2,1-2H3. The lowest BCUT2D eigenvalue weighted by Gasteiger charge is -1.93. The summed E-state index contributed by atoms with van der Waals surface area (Å²) in [6.07, 6.45) is 0.365. The molecule has 1 aromatic heterocycles. The zero-order valence-electron chi connectivity index (χ0n) is 7.29. The van der Waals surface area contributed by atoms with Crippen molar-refractivity contribution in [3.05, 3.63) is 23.7 Å². The minimum Gasteiger partial charge on any atom is -0.463 e. The minimum absolute atomic E-state index is 0.105. The Morgan fingerprint density at radius 2 is 2.17 bits per heavy atom. The zero-order chi connectivity index (χ0) is 8.97. The van der Waals surface area contributed by atoms with Crippen molar-refractivity contribution in [2.24, 2.45) is 0 Å². The van der Waals surface area contributed by atoms with Crippen LogP contribution < -0.4 is 0 Å². The Balaban J connectivity index is 2.58. The summed E-state index contributed by atoms with van der Waals surface area (Å²) in [7, 11) is 1.60. The number of Topliss-reactive ketones (excluding diaryl/α,β-unsaturated/α-hetero) is 1. The Hall–Kier alpha value is -1.09. The first-order valence-electron chi connectivity index (χ1n) is 3.78. The Morgan fingerprint density at radius 1 is 1.50 bits per heavy atom. The van der Waals surface area contributed by atoms with Gasteiger partial charge in [0.25, 0.3) is 0 Å². The lowest BCUT2D eigenvalue weighted by Crippen LogP contribution is -1.93. The highest BCUT2D eigenvalue weighted by atomic mass is 16.5. The van der Waals surface area contributed by atoms with Crippen LogP contribution in [-0.2, 0) is 22.6 Å². The van der Waals surface area contributed by atoms with Gasteiger partial charge in [-0.3, -0.25) is 4.79 Å². The van der Waals surface area contributed by atoms with Gasteiger partial charge in [-0.25, -0.2) is 0 Å². The van der Waals surface area contributed by atoms with Crippen molar-refractivity contribution in [1.29, 1.82) is 0 Å². The molecule has 12 heavy (non-hydrogen) atoms. The van der Waals surface area contributed by atoms with Crippen LogP contribution in [0, 0.1) is 0 Å². The summed E-state index contributed by atoms with van der Waals surface area (Å²) < 4.78 is 10.2. The number of carbonyl (C=O) groups excluding carboxylic acids is 1. The molecule has 0 aliphatic heterocycles. The topological polar surface area (TPSA) is 39.4 Å². The number of methoxy groups -OCH3 is 1. The second kappa shape index (κ2) is 4.07. The van der Waals surface area contributed by atoms with Crippen molar-refractivity contribution < 1.29 is 13.9 Å². The first kappa shape index (κ1) is 9.00. The highest BCUT2D eigenvalue weighted by Crippen LogP contribution is 2.09. The Morgan fingerprint density at radius 3 is 2.75 bits per heavy atom. The van der Waals surface area contributed by atoms with Gasteiger partial charge < -0.3 is 9.15 Å². The van der Waals surface area contributed by atoms with Gasteiger partial charge in [0.1, 0.15) is 23.9 Å². The summed E-state index contributed by atoms with van der Waals surface area (Å²) >= 11 is 0. The van der Waals surface area contributed by atoms with Crippen LogP contribution in [0.4, 0.5) is 0 Å².